The number of amides is 1. The second kappa shape index (κ2) is 5.29. The molecule has 0 bridgehead atoms. The third kappa shape index (κ3) is 2.38. The van der Waals surface area contributed by atoms with Crippen LogP contribution in [0.25, 0.3) is 0 Å². The average Bonchev–Trinajstić information content (AvgIpc) is 2.29. The molecule has 1 saturated carbocycles. The lowest BCUT2D eigenvalue weighted by Crippen LogP contribution is -2.63. The minimum absolute atomic E-state index is 0.00130. The van der Waals surface area contributed by atoms with Crippen LogP contribution in [-0.2, 0) is 9.59 Å². The van der Waals surface area contributed by atoms with Crippen LogP contribution >= 0.6 is 0 Å². The summed E-state index contributed by atoms with van der Waals surface area (Å²) in [5.74, 6) is -0.850. The van der Waals surface area contributed by atoms with Crippen LogP contribution in [-0.4, -0.2) is 34.5 Å². The van der Waals surface area contributed by atoms with Gasteiger partial charge in [0.15, 0.2) is 0 Å². The summed E-state index contributed by atoms with van der Waals surface area (Å²) >= 11 is 0. The predicted molar refractivity (Wildman–Crippen MR) is 70.2 cm³/mol. The second-order valence-electron chi connectivity index (χ2n) is 6.29. The lowest BCUT2D eigenvalue weighted by molar-refractivity contribution is -0.167. The van der Waals surface area contributed by atoms with Gasteiger partial charge in [0.2, 0.25) is 6.41 Å². The molecule has 1 amide bonds. The third-order valence-corrected chi connectivity index (χ3v) is 4.27. The van der Waals surface area contributed by atoms with Crippen molar-refractivity contribution in [2.75, 3.05) is 6.54 Å². The van der Waals surface area contributed by atoms with Gasteiger partial charge in [-0.3, -0.25) is 4.79 Å². The minimum Gasteiger partial charge on any atom is -0.479 e. The van der Waals surface area contributed by atoms with E-state index in [4.69, 9.17) is 0 Å². The molecule has 2 unspecified atom stereocenters. The summed E-state index contributed by atoms with van der Waals surface area (Å²) in [5.41, 5.74) is -1.14. The highest BCUT2D eigenvalue weighted by Gasteiger charge is 2.54. The number of hydrogen-bond acceptors (Lipinski definition) is 2. The zero-order valence-electron chi connectivity index (χ0n) is 11.9. The van der Waals surface area contributed by atoms with Crippen molar-refractivity contribution in [3.8, 4) is 0 Å². The lowest BCUT2D eigenvalue weighted by Gasteiger charge is -2.51. The lowest BCUT2D eigenvalue weighted by atomic mass is 9.61. The highest BCUT2D eigenvalue weighted by atomic mass is 16.4. The number of likely N-dealkylation sites (N-methyl/N-ethyl adjacent to an activating group) is 1. The number of carbonyl (C=O) groups is 2. The van der Waals surface area contributed by atoms with Crippen LogP contribution in [0.2, 0.25) is 0 Å². The van der Waals surface area contributed by atoms with Gasteiger partial charge in [0.05, 0.1) is 0 Å². The fourth-order valence-corrected chi connectivity index (χ4v) is 3.48. The van der Waals surface area contributed by atoms with E-state index >= 15 is 0 Å². The van der Waals surface area contributed by atoms with Gasteiger partial charge in [0, 0.05) is 6.54 Å². The fraction of sp³-hybridized carbons (Fsp3) is 0.857. The SMILES string of the molecule is CCN(C=O)C1(C(=O)O)CCCCC1C(C)(C)C. The van der Waals surface area contributed by atoms with E-state index in [1.165, 1.54) is 4.90 Å². The number of rotatable bonds is 4. The molecule has 2 atom stereocenters. The molecule has 1 N–H and O–H groups in total. The van der Waals surface area contributed by atoms with Gasteiger partial charge >= 0.3 is 5.97 Å². The Labute approximate surface area is 109 Å². The van der Waals surface area contributed by atoms with Gasteiger partial charge in [-0.05, 0) is 31.1 Å². The first-order valence-corrected chi connectivity index (χ1v) is 6.76. The summed E-state index contributed by atoms with van der Waals surface area (Å²) in [6.45, 7) is 8.49. The normalized spacial score (nSPS) is 28.8. The van der Waals surface area contributed by atoms with Crippen molar-refractivity contribution in [3.05, 3.63) is 0 Å². The molecule has 0 aromatic heterocycles. The Balaban J connectivity index is 3.28. The monoisotopic (exact) mass is 255 g/mol. The van der Waals surface area contributed by atoms with Crippen molar-refractivity contribution in [2.45, 2.75) is 58.9 Å². The Morgan fingerprint density at radius 1 is 1.44 bits per heavy atom. The maximum atomic E-state index is 11.9. The molecule has 0 radical (unpaired) electrons. The van der Waals surface area contributed by atoms with Crippen molar-refractivity contribution in [3.63, 3.8) is 0 Å². The summed E-state index contributed by atoms with van der Waals surface area (Å²) in [4.78, 5) is 24.7. The molecule has 1 aliphatic rings. The molecule has 0 aromatic rings. The van der Waals surface area contributed by atoms with E-state index < -0.39 is 11.5 Å². The van der Waals surface area contributed by atoms with E-state index in [1.807, 2.05) is 6.92 Å². The number of nitrogens with zero attached hydrogens (tertiary/aromatic N) is 1. The van der Waals surface area contributed by atoms with E-state index in [9.17, 15) is 14.7 Å². The molecule has 1 aliphatic carbocycles. The first-order chi connectivity index (χ1) is 8.30. The Hall–Kier alpha value is -1.06. The van der Waals surface area contributed by atoms with Gasteiger partial charge in [0.1, 0.15) is 5.54 Å². The first-order valence-electron chi connectivity index (χ1n) is 6.76. The number of hydrogen-bond donors (Lipinski definition) is 1. The van der Waals surface area contributed by atoms with Crippen molar-refractivity contribution in [2.24, 2.45) is 11.3 Å². The maximum Gasteiger partial charge on any atom is 0.329 e. The van der Waals surface area contributed by atoms with Gasteiger partial charge in [-0.15, -0.1) is 0 Å². The van der Waals surface area contributed by atoms with Crippen molar-refractivity contribution >= 4 is 12.4 Å². The van der Waals surface area contributed by atoms with Crippen molar-refractivity contribution in [1.82, 2.24) is 4.90 Å². The zero-order chi connectivity index (χ0) is 14.0. The second-order valence-corrected chi connectivity index (χ2v) is 6.29. The smallest absolute Gasteiger partial charge is 0.329 e. The fourth-order valence-electron chi connectivity index (χ4n) is 3.48. The molecule has 104 valence electrons. The molecule has 4 nitrogen and oxygen atoms in total. The Bertz CT molecular complexity index is 321. The Morgan fingerprint density at radius 3 is 2.44 bits per heavy atom. The van der Waals surface area contributed by atoms with E-state index in [2.05, 4.69) is 20.8 Å². The van der Waals surface area contributed by atoms with Crippen LogP contribution in [0.5, 0.6) is 0 Å². The van der Waals surface area contributed by atoms with Crippen LogP contribution < -0.4 is 0 Å². The predicted octanol–water partition coefficient (Wildman–Crippen LogP) is 2.52. The minimum atomic E-state index is -1.02. The van der Waals surface area contributed by atoms with E-state index in [0.29, 0.717) is 19.4 Å². The molecule has 1 rings (SSSR count). The molecule has 18 heavy (non-hydrogen) atoms. The van der Waals surface area contributed by atoms with Crippen LogP contribution in [0.1, 0.15) is 53.4 Å². The largest absolute Gasteiger partial charge is 0.479 e. The molecule has 0 heterocycles. The van der Waals surface area contributed by atoms with Crippen LogP contribution in [0.4, 0.5) is 0 Å². The summed E-state index contributed by atoms with van der Waals surface area (Å²) in [7, 11) is 0. The molecular weight excluding hydrogens is 230 g/mol. The number of carboxylic acids is 1. The molecule has 1 fully saturated rings. The summed E-state index contributed by atoms with van der Waals surface area (Å²) in [6, 6.07) is 0. The molecule has 0 aliphatic heterocycles. The van der Waals surface area contributed by atoms with Crippen LogP contribution in [0.3, 0.4) is 0 Å². The third-order valence-electron chi connectivity index (χ3n) is 4.27. The number of aliphatic carboxylic acids is 1. The highest BCUT2D eigenvalue weighted by molar-refractivity contribution is 5.82. The average molecular weight is 255 g/mol. The van der Waals surface area contributed by atoms with Crippen LogP contribution in [0, 0.1) is 11.3 Å². The van der Waals surface area contributed by atoms with Gasteiger partial charge in [-0.1, -0.05) is 33.6 Å². The van der Waals surface area contributed by atoms with Gasteiger partial charge < -0.3 is 10.0 Å². The summed E-state index contributed by atoms with van der Waals surface area (Å²) in [6.07, 6.45) is 4.08. The molecule has 4 heteroatoms. The first kappa shape index (κ1) is 15.0. The van der Waals surface area contributed by atoms with Gasteiger partial charge in [-0.2, -0.15) is 0 Å². The topological polar surface area (TPSA) is 57.6 Å². The summed E-state index contributed by atoms with van der Waals surface area (Å²) < 4.78 is 0. The van der Waals surface area contributed by atoms with E-state index in [1.54, 1.807) is 0 Å². The van der Waals surface area contributed by atoms with Crippen LogP contribution in [0.15, 0.2) is 0 Å². The molecule has 0 spiro atoms. The van der Waals surface area contributed by atoms with E-state index in [0.717, 1.165) is 19.3 Å². The molecule has 0 aromatic carbocycles. The number of carbonyl (C=O) groups excluding carboxylic acids is 1. The summed E-state index contributed by atoms with van der Waals surface area (Å²) in [5, 5.41) is 9.75. The van der Waals surface area contributed by atoms with Crippen molar-refractivity contribution < 1.29 is 14.7 Å². The molecular formula is C14H25NO3. The molecule has 0 saturated heterocycles. The Kier molecular flexibility index (Phi) is 4.41. The van der Waals surface area contributed by atoms with E-state index in [-0.39, 0.29) is 11.3 Å². The Morgan fingerprint density at radius 2 is 2.06 bits per heavy atom. The van der Waals surface area contributed by atoms with Gasteiger partial charge in [-0.25, -0.2) is 4.79 Å². The zero-order valence-corrected chi connectivity index (χ0v) is 11.9. The van der Waals surface area contributed by atoms with Crippen molar-refractivity contribution in [1.29, 1.82) is 0 Å². The highest BCUT2D eigenvalue weighted by Crippen LogP contribution is 2.47. The standard InChI is InChI=1S/C14H25NO3/c1-5-15(10-16)14(12(17)18)9-7-6-8-11(14)13(2,3)4/h10-11H,5-9H2,1-4H3,(H,17,18). The maximum absolute atomic E-state index is 11.9. The number of carboxylic acid groups (broad SMARTS) is 1. The quantitative estimate of drug-likeness (QED) is 0.785. The van der Waals surface area contributed by atoms with Gasteiger partial charge in [0.25, 0.3) is 0 Å².